The lowest BCUT2D eigenvalue weighted by atomic mass is 10.1. The summed E-state index contributed by atoms with van der Waals surface area (Å²) in [6, 6.07) is 5.20. The zero-order valence-electron chi connectivity index (χ0n) is 13.3. The van der Waals surface area contributed by atoms with Crippen molar-refractivity contribution in [2.45, 2.75) is 26.7 Å². The largest absolute Gasteiger partial charge is 0.356 e. The van der Waals surface area contributed by atoms with E-state index >= 15 is 0 Å². The van der Waals surface area contributed by atoms with Crippen LogP contribution in [0.4, 0.5) is 11.4 Å². The number of sulfonamides is 1. The molecule has 2 rings (SSSR count). The molecule has 1 fully saturated rings. The molecule has 0 bridgehead atoms. The predicted octanol–water partition coefficient (Wildman–Crippen LogP) is 1.000. The Kier molecular flexibility index (Phi) is 5.25. The van der Waals surface area contributed by atoms with Crippen molar-refractivity contribution in [3.63, 3.8) is 0 Å². The minimum atomic E-state index is -3.25. The van der Waals surface area contributed by atoms with Crippen LogP contribution in [0.3, 0.4) is 0 Å². The van der Waals surface area contributed by atoms with Crippen molar-refractivity contribution in [3.8, 4) is 0 Å². The highest BCUT2D eigenvalue weighted by atomic mass is 32.2. The standard InChI is InChI=1S/C15H21N3O4S/c1-11-4-5-13(18-8-3-9-23(18,21)22)10-14(11)17-15(20)6-7-16-12(2)19/h4-5,10H,3,6-9H2,1-2H3,(H,16,19)(H,17,20). The third-order valence-corrected chi connectivity index (χ3v) is 5.48. The van der Waals surface area contributed by atoms with Crippen molar-refractivity contribution >= 4 is 33.2 Å². The average Bonchev–Trinajstić information content (AvgIpc) is 2.80. The Morgan fingerprint density at radius 1 is 1.30 bits per heavy atom. The number of carbonyl (C=O) groups excluding carboxylic acids is 2. The Morgan fingerprint density at radius 2 is 2.04 bits per heavy atom. The van der Waals surface area contributed by atoms with Gasteiger partial charge in [0.15, 0.2) is 0 Å². The Labute approximate surface area is 136 Å². The molecule has 2 amide bonds. The number of nitrogens with one attached hydrogen (secondary N) is 2. The fourth-order valence-corrected chi connectivity index (χ4v) is 3.95. The number of aryl methyl sites for hydroxylation is 1. The maximum absolute atomic E-state index is 12.0. The van der Waals surface area contributed by atoms with Gasteiger partial charge >= 0.3 is 0 Å². The summed E-state index contributed by atoms with van der Waals surface area (Å²) in [5, 5.41) is 5.32. The smallest absolute Gasteiger partial charge is 0.235 e. The number of nitrogens with zero attached hydrogens (tertiary/aromatic N) is 1. The Balaban J connectivity index is 2.09. The van der Waals surface area contributed by atoms with Gasteiger partial charge in [0.1, 0.15) is 0 Å². The van der Waals surface area contributed by atoms with E-state index < -0.39 is 10.0 Å². The van der Waals surface area contributed by atoms with Gasteiger partial charge in [0.2, 0.25) is 21.8 Å². The molecular formula is C15H21N3O4S. The maximum Gasteiger partial charge on any atom is 0.235 e. The van der Waals surface area contributed by atoms with Gasteiger partial charge < -0.3 is 10.6 Å². The van der Waals surface area contributed by atoms with Gasteiger partial charge in [-0.3, -0.25) is 13.9 Å². The summed E-state index contributed by atoms with van der Waals surface area (Å²) in [5.41, 5.74) is 1.99. The quantitative estimate of drug-likeness (QED) is 0.836. The van der Waals surface area contributed by atoms with Crippen LogP contribution in [0.5, 0.6) is 0 Å². The SMILES string of the molecule is CC(=O)NCCC(=O)Nc1cc(N2CCCS2(=O)=O)ccc1C. The molecule has 8 heteroatoms. The lowest BCUT2D eigenvalue weighted by Gasteiger charge is -2.19. The van der Waals surface area contributed by atoms with Crippen LogP contribution in [0.15, 0.2) is 18.2 Å². The predicted molar refractivity (Wildman–Crippen MR) is 88.9 cm³/mol. The Morgan fingerprint density at radius 3 is 2.65 bits per heavy atom. The molecule has 1 aromatic rings. The summed E-state index contributed by atoms with van der Waals surface area (Å²) in [6.07, 6.45) is 0.764. The van der Waals surface area contributed by atoms with Gasteiger partial charge in [-0.15, -0.1) is 0 Å². The van der Waals surface area contributed by atoms with Gasteiger partial charge in [0.25, 0.3) is 0 Å². The van der Waals surface area contributed by atoms with Crippen LogP contribution in [0, 0.1) is 6.92 Å². The van der Waals surface area contributed by atoms with Crippen LogP contribution in [0.25, 0.3) is 0 Å². The van der Waals surface area contributed by atoms with E-state index in [0.717, 1.165) is 5.56 Å². The van der Waals surface area contributed by atoms with E-state index in [4.69, 9.17) is 0 Å². The summed E-state index contributed by atoms with van der Waals surface area (Å²) in [7, 11) is -3.25. The zero-order valence-corrected chi connectivity index (χ0v) is 14.1. The summed E-state index contributed by atoms with van der Waals surface area (Å²) in [5.74, 6) is -0.266. The topological polar surface area (TPSA) is 95.6 Å². The highest BCUT2D eigenvalue weighted by Gasteiger charge is 2.28. The molecule has 0 spiro atoms. The van der Waals surface area contributed by atoms with Crippen molar-refractivity contribution in [1.82, 2.24) is 5.32 Å². The number of carbonyl (C=O) groups is 2. The van der Waals surface area contributed by atoms with Gasteiger partial charge in [-0.1, -0.05) is 6.07 Å². The number of amides is 2. The van der Waals surface area contributed by atoms with E-state index in [1.165, 1.54) is 11.2 Å². The molecule has 0 saturated carbocycles. The molecule has 1 aliphatic heterocycles. The lowest BCUT2D eigenvalue weighted by molar-refractivity contribution is -0.119. The van der Waals surface area contributed by atoms with Crippen LogP contribution >= 0.6 is 0 Å². The molecule has 0 aliphatic carbocycles. The van der Waals surface area contributed by atoms with Gasteiger partial charge in [-0.05, 0) is 31.0 Å². The zero-order chi connectivity index (χ0) is 17.0. The second kappa shape index (κ2) is 6.99. The second-order valence-corrected chi connectivity index (χ2v) is 7.53. The molecule has 126 valence electrons. The first kappa shape index (κ1) is 17.3. The van der Waals surface area contributed by atoms with Crippen LogP contribution in [0.1, 0.15) is 25.3 Å². The number of hydrogen-bond acceptors (Lipinski definition) is 4. The van der Waals surface area contributed by atoms with Gasteiger partial charge in [0.05, 0.1) is 11.4 Å². The third-order valence-electron chi connectivity index (χ3n) is 3.61. The molecule has 1 saturated heterocycles. The third kappa shape index (κ3) is 4.44. The molecule has 0 unspecified atom stereocenters. The summed E-state index contributed by atoms with van der Waals surface area (Å²) in [6.45, 7) is 3.95. The molecule has 2 N–H and O–H groups in total. The molecule has 0 atom stereocenters. The van der Waals surface area contributed by atoms with E-state index in [0.29, 0.717) is 24.3 Å². The first-order valence-corrected chi connectivity index (χ1v) is 9.06. The molecular weight excluding hydrogens is 318 g/mol. The van der Waals surface area contributed by atoms with E-state index in [1.807, 2.05) is 6.92 Å². The van der Waals surface area contributed by atoms with Crippen molar-refractivity contribution in [1.29, 1.82) is 0 Å². The fraction of sp³-hybridized carbons (Fsp3) is 0.467. The van der Waals surface area contributed by atoms with E-state index in [9.17, 15) is 18.0 Å². The lowest BCUT2D eigenvalue weighted by Crippen LogP contribution is -2.26. The molecule has 1 aromatic carbocycles. The van der Waals surface area contributed by atoms with Gasteiger partial charge in [-0.2, -0.15) is 0 Å². The average molecular weight is 339 g/mol. The molecule has 23 heavy (non-hydrogen) atoms. The minimum Gasteiger partial charge on any atom is -0.356 e. The van der Waals surface area contributed by atoms with Crippen LogP contribution < -0.4 is 14.9 Å². The maximum atomic E-state index is 12.0. The number of hydrogen-bond donors (Lipinski definition) is 2. The van der Waals surface area contributed by atoms with Crippen LogP contribution in [0.2, 0.25) is 0 Å². The molecule has 1 heterocycles. The molecule has 0 radical (unpaired) electrons. The van der Waals surface area contributed by atoms with Gasteiger partial charge in [0, 0.05) is 32.1 Å². The monoisotopic (exact) mass is 339 g/mol. The first-order valence-electron chi connectivity index (χ1n) is 7.45. The minimum absolute atomic E-state index is 0.152. The van der Waals surface area contributed by atoms with Crippen molar-refractivity contribution < 1.29 is 18.0 Å². The summed E-state index contributed by atoms with van der Waals surface area (Å²) < 4.78 is 25.3. The number of benzene rings is 1. The number of rotatable bonds is 5. The summed E-state index contributed by atoms with van der Waals surface area (Å²) in [4.78, 5) is 22.7. The molecule has 7 nitrogen and oxygen atoms in total. The highest BCUT2D eigenvalue weighted by Crippen LogP contribution is 2.28. The molecule has 0 aromatic heterocycles. The van der Waals surface area contributed by atoms with E-state index in [-0.39, 0.29) is 30.5 Å². The van der Waals surface area contributed by atoms with Crippen molar-refractivity contribution in [2.24, 2.45) is 0 Å². The Hall–Kier alpha value is -2.09. The van der Waals surface area contributed by atoms with E-state index in [2.05, 4.69) is 10.6 Å². The molecule has 1 aliphatic rings. The highest BCUT2D eigenvalue weighted by molar-refractivity contribution is 7.93. The second-order valence-electron chi connectivity index (χ2n) is 5.52. The normalized spacial score (nSPS) is 16.2. The number of anilines is 2. The van der Waals surface area contributed by atoms with Crippen LogP contribution in [-0.4, -0.2) is 39.1 Å². The fourth-order valence-electron chi connectivity index (χ4n) is 2.39. The van der Waals surface area contributed by atoms with Crippen molar-refractivity contribution in [2.75, 3.05) is 28.5 Å². The first-order chi connectivity index (χ1) is 10.8. The van der Waals surface area contributed by atoms with Gasteiger partial charge in [-0.25, -0.2) is 8.42 Å². The Bertz CT molecular complexity index is 715. The summed E-state index contributed by atoms with van der Waals surface area (Å²) >= 11 is 0. The van der Waals surface area contributed by atoms with E-state index in [1.54, 1.807) is 18.2 Å². The van der Waals surface area contributed by atoms with Crippen molar-refractivity contribution in [3.05, 3.63) is 23.8 Å². The van der Waals surface area contributed by atoms with Crippen LogP contribution in [-0.2, 0) is 19.6 Å².